The van der Waals surface area contributed by atoms with E-state index in [1.807, 2.05) is 0 Å². The van der Waals surface area contributed by atoms with Gasteiger partial charge in [-0.1, -0.05) is 13.3 Å². The van der Waals surface area contributed by atoms with Gasteiger partial charge in [0.25, 0.3) is 0 Å². The van der Waals surface area contributed by atoms with Crippen LogP contribution in [0.4, 0.5) is 0 Å². The SMILES string of the molecule is CCN1CCCC(NC2CCCC2CN)C1. The first kappa shape index (κ1) is 12.3. The quantitative estimate of drug-likeness (QED) is 0.755. The predicted molar refractivity (Wildman–Crippen MR) is 68.5 cm³/mol. The summed E-state index contributed by atoms with van der Waals surface area (Å²) in [5, 5.41) is 3.86. The van der Waals surface area contributed by atoms with Crippen LogP contribution in [0, 0.1) is 5.92 Å². The molecule has 3 atom stereocenters. The van der Waals surface area contributed by atoms with E-state index in [4.69, 9.17) is 5.73 Å². The Balaban J connectivity index is 1.79. The first-order chi connectivity index (χ1) is 7.83. The largest absolute Gasteiger partial charge is 0.330 e. The summed E-state index contributed by atoms with van der Waals surface area (Å²) in [5.74, 6) is 0.733. The number of nitrogens with one attached hydrogen (secondary N) is 1. The summed E-state index contributed by atoms with van der Waals surface area (Å²) >= 11 is 0. The normalized spacial score (nSPS) is 36.8. The average Bonchev–Trinajstić information content (AvgIpc) is 2.76. The highest BCUT2D eigenvalue weighted by molar-refractivity contribution is 4.88. The molecule has 2 aliphatic rings. The van der Waals surface area contributed by atoms with Crippen LogP contribution < -0.4 is 11.1 Å². The second-order valence-electron chi connectivity index (χ2n) is 5.43. The fraction of sp³-hybridized carbons (Fsp3) is 1.00. The zero-order chi connectivity index (χ0) is 11.4. The van der Waals surface area contributed by atoms with Gasteiger partial charge < -0.3 is 16.0 Å². The molecule has 3 heteroatoms. The third-order valence-corrected chi connectivity index (χ3v) is 4.36. The summed E-state index contributed by atoms with van der Waals surface area (Å²) < 4.78 is 0. The highest BCUT2D eigenvalue weighted by Gasteiger charge is 2.29. The number of hydrogen-bond acceptors (Lipinski definition) is 3. The lowest BCUT2D eigenvalue weighted by Crippen LogP contribution is -2.50. The van der Waals surface area contributed by atoms with Crippen LogP contribution in [0.3, 0.4) is 0 Å². The van der Waals surface area contributed by atoms with Crippen molar-refractivity contribution in [2.75, 3.05) is 26.2 Å². The van der Waals surface area contributed by atoms with E-state index in [0.717, 1.165) is 12.5 Å². The summed E-state index contributed by atoms with van der Waals surface area (Å²) in [6.07, 6.45) is 6.74. The number of likely N-dealkylation sites (N-methyl/N-ethyl adjacent to an activating group) is 1. The molecule has 1 heterocycles. The van der Waals surface area contributed by atoms with Crippen LogP contribution in [0.15, 0.2) is 0 Å². The zero-order valence-electron chi connectivity index (χ0n) is 10.6. The van der Waals surface area contributed by atoms with E-state index in [1.54, 1.807) is 0 Å². The standard InChI is InChI=1S/C13H27N3/c1-2-16-8-4-6-12(10-16)15-13-7-3-5-11(13)9-14/h11-13,15H,2-10,14H2,1H3. The molecule has 0 aromatic carbocycles. The fourth-order valence-corrected chi connectivity index (χ4v) is 3.32. The van der Waals surface area contributed by atoms with Gasteiger partial charge in [-0.15, -0.1) is 0 Å². The highest BCUT2D eigenvalue weighted by atomic mass is 15.2. The van der Waals surface area contributed by atoms with E-state index in [9.17, 15) is 0 Å². The molecule has 3 N–H and O–H groups in total. The number of piperidine rings is 1. The van der Waals surface area contributed by atoms with Gasteiger partial charge in [0, 0.05) is 18.6 Å². The van der Waals surface area contributed by atoms with E-state index in [2.05, 4.69) is 17.1 Å². The van der Waals surface area contributed by atoms with E-state index < -0.39 is 0 Å². The molecular formula is C13H27N3. The fourth-order valence-electron chi connectivity index (χ4n) is 3.32. The van der Waals surface area contributed by atoms with Gasteiger partial charge >= 0.3 is 0 Å². The summed E-state index contributed by atoms with van der Waals surface area (Å²) in [6.45, 7) is 6.86. The van der Waals surface area contributed by atoms with Crippen molar-refractivity contribution < 1.29 is 0 Å². The average molecular weight is 225 g/mol. The molecule has 94 valence electrons. The first-order valence-corrected chi connectivity index (χ1v) is 7.02. The second-order valence-corrected chi connectivity index (χ2v) is 5.43. The number of likely N-dealkylation sites (tertiary alicyclic amines) is 1. The van der Waals surface area contributed by atoms with Crippen molar-refractivity contribution in [2.45, 2.75) is 51.1 Å². The maximum absolute atomic E-state index is 5.83. The molecule has 0 radical (unpaired) electrons. The lowest BCUT2D eigenvalue weighted by molar-refractivity contribution is 0.184. The third kappa shape index (κ3) is 2.96. The zero-order valence-corrected chi connectivity index (χ0v) is 10.6. The van der Waals surface area contributed by atoms with Crippen molar-refractivity contribution in [3.05, 3.63) is 0 Å². The molecule has 0 amide bonds. The van der Waals surface area contributed by atoms with E-state index >= 15 is 0 Å². The summed E-state index contributed by atoms with van der Waals surface area (Å²) in [6, 6.07) is 1.41. The Labute approximate surface area is 99.8 Å². The molecule has 2 rings (SSSR count). The molecule has 1 saturated carbocycles. The Morgan fingerprint density at radius 1 is 1.25 bits per heavy atom. The van der Waals surface area contributed by atoms with Crippen LogP contribution in [0.1, 0.15) is 39.0 Å². The molecule has 1 aliphatic carbocycles. The first-order valence-electron chi connectivity index (χ1n) is 7.02. The maximum Gasteiger partial charge on any atom is 0.0198 e. The highest BCUT2D eigenvalue weighted by Crippen LogP contribution is 2.25. The Morgan fingerprint density at radius 3 is 2.88 bits per heavy atom. The lowest BCUT2D eigenvalue weighted by atomic mass is 10.00. The number of hydrogen-bond donors (Lipinski definition) is 2. The summed E-state index contributed by atoms with van der Waals surface area (Å²) in [5.41, 5.74) is 5.83. The summed E-state index contributed by atoms with van der Waals surface area (Å²) in [7, 11) is 0. The molecule has 0 aromatic heterocycles. The van der Waals surface area contributed by atoms with E-state index in [1.165, 1.54) is 51.7 Å². The van der Waals surface area contributed by atoms with E-state index in [0.29, 0.717) is 12.1 Å². The third-order valence-electron chi connectivity index (χ3n) is 4.36. The van der Waals surface area contributed by atoms with Crippen molar-refractivity contribution in [3.63, 3.8) is 0 Å². The lowest BCUT2D eigenvalue weighted by Gasteiger charge is -2.35. The van der Waals surface area contributed by atoms with Crippen LogP contribution in [0.25, 0.3) is 0 Å². The smallest absolute Gasteiger partial charge is 0.0198 e. The number of nitrogens with two attached hydrogens (primary N) is 1. The van der Waals surface area contributed by atoms with Gasteiger partial charge in [0.2, 0.25) is 0 Å². The maximum atomic E-state index is 5.83. The molecule has 16 heavy (non-hydrogen) atoms. The topological polar surface area (TPSA) is 41.3 Å². The van der Waals surface area contributed by atoms with Crippen molar-refractivity contribution in [3.8, 4) is 0 Å². The Kier molecular flexibility index (Phi) is 4.62. The molecule has 1 aliphatic heterocycles. The van der Waals surface area contributed by atoms with Gasteiger partial charge in [0.1, 0.15) is 0 Å². The van der Waals surface area contributed by atoms with Gasteiger partial charge in [-0.3, -0.25) is 0 Å². The van der Waals surface area contributed by atoms with Crippen molar-refractivity contribution in [1.29, 1.82) is 0 Å². The second kappa shape index (κ2) is 5.99. The van der Waals surface area contributed by atoms with Crippen molar-refractivity contribution in [2.24, 2.45) is 11.7 Å². The van der Waals surface area contributed by atoms with Crippen LogP contribution in [-0.4, -0.2) is 43.2 Å². The Hall–Kier alpha value is -0.120. The molecule has 0 spiro atoms. The molecule has 3 unspecified atom stereocenters. The minimum atomic E-state index is 0.701. The van der Waals surface area contributed by atoms with Gasteiger partial charge in [-0.25, -0.2) is 0 Å². The Bertz CT molecular complexity index is 207. The molecule has 2 fully saturated rings. The van der Waals surface area contributed by atoms with Crippen molar-refractivity contribution >= 4 is 0 Å². The number of nitrogens with zero attached hydrogens (tertiary/aromatic N) is 1. The van der Waals surface area contributed by atoms with Crippen LogP contribution in [-0.2, 0) is 0 Å². The molecular weight excluding hydrogens is 198 g/mol. The molecule has 0 aromatic rings. The summed E-state index contributed by atoms with van der Waals surface area (Å²) in [4.78, 5) is 2.56. The van der Waals surface area contributed by atoms with Gasteiger partial charge in [-0.2, -0.15) is 0 Å². The van der Waals surface area contributed by atoms with Gasteiger partial charge in [0.05, 0.1) is 0 Å². The Morgan fingerprint density at radius 2 is 2.12 bits per heavy atom. The monoisotopic (exact) mass is 225 g/mol. The number of rotatable bonds is 4. The predicted octanol–water partition coefficient (Wildman–Crippen LogP) is 1.19. The molecule has 3 nitrogen and oxygen atoms in total. The van der Waals surface area contributed by atoms with Gasteiger partial charge in [-0.05, 0) is 51.2 Å². The van der Waals surface area contributed by atoms with Crippen LogP contribution in [0.2, 0.25) is 0 Å². The van der Waals surface area contributed by atoms with Crippen molar-refractivity contribution in [1.82, 2.24) is 10.2 Å². The van der Waals surface area contributed by atoms with Crippen LogP contribution in [0.5, 0.6) is 0 Å². The minimum absolute atomic E-state index is 0.701. The van der Waals surface area contributed by atoms with Crippen LogP contribution >= 0.6 is 0 Å². The van der Waals surface area contributed by atoms with Gasteiger partial charge in [0.15, 0.2) is 0 Å². The molecule has 1 saturated heterocycles. The molecule has 0 bridgehead atoms. The minimum Gasteiger partial charge on any atom is -0.330 e. The van der Waals surface area contributed by atoms with E-state index in [-0.39, 0.29) is 0 Å².